The van der Waals surface area contributed by atoms with E-state index in [0.29, 0.717) is 30.1 Å². The van der Waals surface area contributed by atoms with E-state index in [0.717, 1.165) is 24.8 Å². The van der Waals surface area contributed by atoms with Crippen LogP contribution >= 0.6 is 0 Å². The average Bonchev–Trinajstić information content (AvgIpc) is 3.05. The summed E-state index contributed by atoms with van der Waals surface area (Å²) in [6, 6.07) is 1.72. The number of rotatable bonds is 1. The smallest absolute Gasteiger partial charge is 0.268 e. The van der Waals surface area contributed by atoms with Crippen LogP contribution in [0, 0.1) is 6.92 Å². The Labute approximate surface area is 146 Å². The molecular weight excluding hydrogens is 324 g/mol. The van der Waals surface area contributed by atoms with Gasteiger partial charge in [-0.2, -0.15) is 0 Å². The molecule has 4 N–H and O–H groups in total. The first kappa shape index (κ1) is 17.6. The van der Waals surface area contributed by atoms with Crippen LogP contribution in [0.25, 0.3) is 11.6 Å². The zero-order chi connectivity index (χ0) is 18.0. The minimum Gasteiger partial charge on any atom is -0.472 e. The average molecular weight is 348 g/mol. The quantitative estimate of drug-likeness (QED) is 0.713. The second-order valence-corrected chi connectivity index (χ2v) is 6.76. The van der Waals surface area contributed by atoms with Crippen molar-refractivity contribution in [2.75, 3.05) is 12.3 Å². The molecule has 136 valence electrons. The van der Waals surface area contributed by atoms with Gasteiger partial charge in [0.05, 0.1) is 12.3 Å². The molecule has 0 amide bonds. The predicted molar refractivity (Wildman–Crippen MR) is 90.8 cm³/mol. The van der Waals surface area contributed by atoms with Gasteiger partial charge >= 0.3 is 0 Å². The molecule has 3 rings (SSSR count). The largest absolute Gasteiger partial charge is 0.472 e. The van der Waals surface area contributed by atoms with Crippen molar-refractivity contribution in [3.05, 3.63) is 17.5 Å². The number of hydrogen-bond acceptors (Lipinski definition) is 8. The fourth-order valence-corrected chi connectivity index (χ4v) is 2.92. The molecule has 8 nitrogen and oxygen atoms in total. The van der Waals surface area contributed by atoms with E-state index in [1.807, 2.05) is 6.92 Å². The lowest BCUT2D eigenvalue weighted by Gasteiger charge is -2.20. The third kappa shape index (κ3) is 3.74. The first-order valence-electron chi connectivity index (χ1n) is 8.52. The molecule has 1 aliphatic heterocycles. The summed E-state index contributed by atoms with van der Waals surface area (Å²) in [5.41, 5.74) is 6.30. The molecular formula is C17H24N4O4. The molecule has 0 saturated heterocycles. The summed E-state index contributed by atoms with van der Waals surface area (Å²) < 4.78 is 11.5. The molecule has 0 spiro atoms. The lowest BCUT2D eigenvalue weighted by Crippen LogP contribution is -2.23. The zero-order valence-electron chi connectivity index (χ0n) is 14.5. The standard InChI is InChI=1S/C17H24N4O4/c1-10-8-12(18)13-15-20-21-16(25-15)17(2,23)7-5-3-4-6-11(9-22)24-14(10)19-13/h8,11,22-23H,3-7,9,18H2,1-2H3/t11-,17-/m1/s1. The van der Waals surface area contributed by atoms with Gasteiger partial charge in [-0.1, -0.05) is 12.8 Å². The number of hydrogen-bond donors (Lipinski definition) is 3. The van der Waals surface area contributed by atoms with Crippen molar-refractivity contribution in [2.45, 2.75) is 57.7 Å². The van der Waals surface area contributed by atoms with Gasteiger partial charge in [0.1, 0.15) is 11.7 Å². The highest BCUT2D eigenvalue weighted by Crippen LogP contribution is 2.33. The van der Waals surface area contributed by atoms with Crippen LogP contribution in [0.1, 0.15) is 50.5 Å². The molecule has 2 aromatic rings. The number of aromatic nitrogens is 3. The fourth-order valence-electron chi connectivity index (χ4n) is 2.92. The molecule has 2 atom stereocenters. The van der Waals surface area contributed by atoms with E-state index in [2.05, 4.69) is 15.2 Å². The fraction of sp³-hybridized carbons (Fsp3) is 0.588. The van der Waals surface area contributed by atoms with E-state index in [4.69, 9.17) is 14.9 Å². The Morgan fingerprint density at radius 1 is 1.32 bits per heavy atom. The Kier molecular flexibility index (Phi) is 4.91. The van der Waals surface area contributed by atoms with Gasteiger partial charge in [0.2, 0.25) is 11.8 Å². The van der Waals surface area contributed by atoms with Crippen LogP contribution in [0.3, 0.4) is 0 Å². The zero-order valence-corrected chi connectivity index (χ0v) is 14.5. The summed E-state index contributed by atoms with van der Waals surface area (Å²) in [5, 5.41) is 28.1. The molecule has 0 unspecified atom stereocenters. The number of pyridine rings is 1. The predicted octanol–water partition coefficient (Wildman–Crippen LogP) is 1.93. The van der Waals surface area contributed by atoms with Gasteiger partial charge in [-0.25, -0.2) is 4.98 Å². The first-order valence-corrected chi connectivity index (χ1v) is 8.52. The second kappa shape index (κ2) is 6.97. The van der Waals surface area contributed by atoms with E-state index in [-0.39, 0.29) is 24.5 Å². The van der Waals surface area contributed by atoms with Crippen molar-refractivity contribution >= 4 is 5.69 Å². The van der Waals surface area contributed by atoms with Gasteiger partial charge in [0, 0.05) is 5.56 Å². The SMILES string of the molecule is Cc1cc(N)c2nc1O[C@@H](CO)CCCCC[C@@](C)(O)c1nnc-2o1. The van der Waals surface area contributed by atoms with Crippen LogP contribution in [0.5, 0.6) is 5.88 Å². The van der Waals surface area contributed by atoms with Crippen LogP contribution in [0.15, 0.2) is 10.5 Å². The number of aliphatic hydroxyl groups excluding tert-OH is 1. The van der Waals surface area contributed by atoms with Crippen molar-refractivity contribution < 1.29 is 19.4 Å². The van der Waals surface area contributed by atoms with Gasteiger partial charge in [-0.3, -0.25) is 0 Å². The van der Waals surface area contributed by atoms with E-state index in [1.165, 1.54) is 0 Å². The minimum atomic E-state index is -1.20. The summed E-state index contributed by atoms with van der Waals surface area (Å²) in [7, 11) is 0. The Hall–Kier alpha value is -2.19. The number of aryl methyl sites for hydroxylation is 1. The van der Waals surface area contributed by atoms with E-state index < -0.39 is 5.60 Å². The Morgan fingerprint density at radius 2 is 2.12 bits per heavy atom. The van der Waals surface area contributed by atoms with Crippen molar-refractivity contribution in [1.29, 1.82) is 0 Å². The minimum absolute atomic E-state index is 0.0940. The molecule has 4 bridgehead atoms. The summed E-state index contributed by atoms with van der Waals surface area (Å²) in [4.78, 5) is 4.42. The van der Waals surface area contributed by atoms with Crippen molar-refractivity contribution in [3.63, 3.8) is 0 Å². The lowest BCUT2D eigenvalue weighted by molar-refractivity contribution is 0.0172. The summed E-state index contributed by atoms with van der Waals surface area (Å²) in [6.45, 7) is 3.40. The van der Waals surface area contributed by atoms with Gasteiger partial charge in [-0.05, 0) is 39.2 Å². The molecule has 1 aliphatic rings. The lowest BCUT2D eigenvalue weighted by atomic mass is 9.97. The summed E-state index contributed by atoms with van der Waals surface area (Å²) in [6.07, 6.45) is 3.44. The number of nitrogens with two attached hydrogens (primary N) is 1. The van der Waals surface area contributed by atoms with Crippen LogP contribution in [0.2, 0.25) is 0 Å². The van der Waals surface area contributed by atoms with E-state index in [1.54, 1.807) is 13.0 Å². The highest BCUT2D eigenvalue weighted by atomic mass is 16.5. The van der Waals surface area contributed by atoms with E-state index in [9.17, 15) is 10.2 Å². The number of nitrogen functional groups attached to an aromatic ring is 1. The third-order valence-electron chi connectivity index (χ3n) is 4.46. The third-order valence-corrected chi connectivity index (χ3v) is 4.46. The molecule has 0 saturated carbocycles. The van der Waals surface area contributed by atoms with Crippen molar-refractivity contribution in [1.82, 2.24) is 15.2 Å². The van der Waals surface area contributed by atoms with Crippen LogP contribution in [-0.4, -0.2) is 38.1 Å². The Bertz CT molecular complexity index is 744. The van der Waals surface area contributed by atoms with Crippen LogP contribution in [-0.2, 0) is 5.60 Å². The molecule has 8 heteroatoms. The Morgan fingerprint density at radius 3 is 2.88 bits per heavy atom. The first-order chi connectivity index (χ1) is 11.9. The van der Waals surface area contributed by atoms with Gasteiger partial charge in [-0.15, -0.1) is 10.2 Å². The monoisotopic (exact) mass is 348 g/mol. The highest BCUT2D eigenvalue weighted by Gasteiger charge is 2.30. The van der Waals surface area contributed by atoms with Gasteiger partial charge in [0.25, 0.3) is 5.89 Å². The molecule has 3 heterocycles. The van der Waals surface area contributed by atoms with Crippen molar-refractivity contribution in [2.24, 2.45) is 0 Å². The van der Waals surface area contributed by atoms with Crippen LogP contribution in [0.4, 0.5) is 5.69 Å². The normalized spacial score (nSPS) is 24.4. The molecule has 0 fully saturated rings. The molecule has 0 aliphatic carbocycles. The van der Waals surface area contributed by atoms with Crippen LogP contribution < -0.4 is 10.5 Å². The topological polar surface area (TPSA) is 128 Å². The molecule has 2 aromatic heterocycles. The molecule has 0 radical (unpaired) electrons. The Balaban J connectivity index is 2.05. The maximum absolute atomic E-state index is 10.6. The number of ether oxygens (including phenoxy) is 1. The number of fused-ring (bicyclic) bond motifs is 5. The number of anilines is 1. The summed E-state index contributed by atoms with van der Waals surface area (Å²) in [5.74, 6) is 0.666. The summed E-state index contributed by atoms with van der Waals surface area (Å²) >= 11 is 0. The molecule has 0 aromatic carbocycles. The van der Waals surface area contributed by atoms with E-state index >= 15 is 0 Å². The molecule has 25 heavy (non-hydrogen) atoms. The second-order valence-electron chi connectivity index (χ2n) is 6.76. The maximum atomic E-state index is 10.6. The van der Waals surface area contributed by atoms with Gasteiger partial charge in [0.15, 0.2) is 5.69 Å². The van der Waals surface area contributed by atoms with Crippen molar-refractivity contribution in [3.8, 4) is 17.5 Å². The number of nitrogens with zero attached hydrogens (tertiary/aromatic N) is 3. The number of aliphatic hydroxyl groups is 2. The highest BCUT2D eigenvalue weighted by molar-refractivity contribution is 5.67. The van der Waals surface area contributed by atoms with Gasteiger partial charge < -0.3 is 25.1 Å². The maximum Gasteiger partial charge on any atom is 0.268 e.